The van der Waals surface area contributed by atoms with E-state index < -0.39 is 18.1 Å². The summed E-state index contributed by atoms with van der Waals surface area (Å²) in [7, 11) is 0. The van der Waals surface area contributed by atoms with Crippen molar-refractivity contribution in [1.82, 2.24) is 0 Å². The summed E-state index contributed by atoms with van der Waals surface area (Å²) < 4.78 is 146. The minimum atomic E-state index is -0.399. The molecule has 0 N–H and O–H groups in total. The van der Waals surface area contributed by atoms with Crippen molar-refractivity contribution >= 4 is 130 Å². The van der Waals surface area contributed by atoms with Gasteiger partial charge in [0.05, 0.1) is 20.6 Å². The molecule has 3 aromatic heterocycles. The Morgan fingerprint density at radius 3 is 0.667 bits per heavy atom. The summed E-state index contributed by atoms with van der Waals surface area (Å²) in [6.45, 7) is 0. The smallest absolute Gasteiger partial charge is 0.136 e. The van der Waals surface area contributed by atoms with E-state index in [-0.39, 0.29) is 89.2 Å². The Labute approximate surface area is 767 Å². The van der Waals surface area contributed by atoms with E-state index in [4.69, 9.17) is 33.8 Å². The van der Waals surface area contributed by atoms with Crippen LogP contribution in [0.2, 0.25) is 0 Å². The van der Waals surface area contributed by atoms with Crippen molar-refractivity contribution in [3.8, 4) is 122 Å². The Morgan fingerprint density at radius 2 is 0.341 bits per heavy atom. The normalized spacial score (nSPS) is 13.2. The molecule has 3 heteroatoms. The van der Waals surface area contributed by atoms with Crippen LogP contribution in [0, 0.1) is 0 Å². The molecular formula is C126H80O3. The van der Waals surface area contributed by atoms with Gasteiger partial charge in [0.2, 0.25) is 0 Å². The SMILES string of the molecule is [2H]c1c([2H])c([2H])c(-c2c3ccccc3c(-c3ccc(-c4c(-c5ccccc5)ccc5oc6ccccc6c45)cc3)c3ccccc23)c([2H])c1[2H].[2H]c1c([2H])c([2H])c(-c2c3ccccc3c(-c3ccc(-c4cccc5oc6cccc(-c7ccccc7)c6c45)cc3)c3ccccc23)c([2H])c1[2H].[2H]c1c([2H])c([2H])c(-c2c3ccccc3c(-c3ccc(-c4cccc5oc6ccccc6c45)cc3)c3ccccc23)c([2H])c1[2H]. The molecule has 602 valence electrons. The highest BCUT2D eigenvalue weighted by Gasteiger charge is 2.25. The van der Waals surface area contributed by atoms with Crippen LogP contribution in [-0.4, -0.2) is 0 Å². The van der Waals surface area contributed by atoms with Gasteiger partial charge in [-0.1, -0.05) is 449 Å². The third-order valence-corrected chi connectivity index (χ3v) is 25.1. The number of hydrogen-bond acceptors (Lipinski definition) is 3. The van der Waals surface area contributed by atoms with Crippen LogP contribution in [0.15, 0.2) is 498 Å². The molecule has 0 unspecified atom stereocenters. The van der Waals surface area contributed by atoms with E-state index >= 15 is 0 Å². The fourth-order valence-electron chi connectivity index (χ4n) is 19.6. The van der Waals surface area contributed by atoms with Gasteiger partial charge in [-0.25, -0.2) is 0 Å². The first-order chi connectivity index (χ1) is 70.3. The van der Waals surface area contributed by atoms with Gasteiger partial charge in [0.25, 0.3) is 0 Å². The first-order valence-corrected chi connectivity index (χ1v) is 43.0. The van der Waals surface area contributed by atoms with Crippen molar-refractivity contribution in [2.45, 2.75) is 0 Å². The molecule has 0 aliphatic rings. The molecule has 0 aliphatic heterocycles. The summed E-state index contributed by atoms with van der Waals surface area (Å²) in [5, 5.41) is 17.1. The molecule has 0 radical (unpaired) electrons. The molecule has 3 nitrogen and oxygen atoms in total. The predicted octanol–water partition coefficient (Wildman–Crippen LogP) is 36.0. The molecule has 0 bridgehead atoms. The quantitative estimate of drug-likeness (QED) is 0.121. The van der Waals surface area contributed by atoms with E-state index in [2.05, 4.69) is 176 Å². The summed E-state index contributed by atoms with van der Waals surface area (Å²) in [6, 6.07) is 129. The molecule has 0 atom stereocenters. The number of para-hydroxylation sites is 2. The third-order valence-electron chi connectivity index (χ3n) is 25.1. The number of rotatable bonds is 11. The lowest BCUT2D eigenvalue weighted by Gasteiger charge is -2.18. The van der Waals surface area contributed by atoms with Gasteiger partial charge in [-0.2, -0.15) is 0 Å². The molecule has 23 aromatic carbocycles. The van der Waals surface area contributed by atoms with Crippen LogP contribution in [0.5, 0.6) is 0 Å². The van der Waals surface area contributed by atoms with Gasteiger partial charge in [0.1, 0.15) is 33.5 Å². The molecule has 0 spiro atoms. The zero-order chi connectivity index (χ0) is 98.3. The van der Waals surface area contributed by atoms with Crippen molar-refractivity contribution in [2.75, 3.05) is 0 Å². The minimum absolute atomic E-state index is 0.204. The lowest BCUT2D eigenvalue weighted by Crippen LogP contribution is -1.91. The standard InChI is InChI=1S/2C44H28O.C38H24O/c1-3-13-29(14-4-1)33-21-11-23-39-43(33)44-34(22-12-24-40(44)45-39)30-25-27-32(28-26-30)42-37-19-9-7-17-35(37)41(31-15-5-2-6-16-31)36-18-8-10-20-38(36)42;1-3-13-29(14-4-1)33-27-28-40-44(38-21-11-12-22-39(38)45-40)43(33)32-25-23-31(24-26-32)42-36-19-9-7-17-34(36)41(30-15-5-2-6-16-30)35-18-8-10-20-37(35)42;1-2-11-26(12-3-1)36-29-13-4-6-15-31(29)37(32-16-7-5-14-30(32)36)27-23-21-25(22-24-27)28-18-10-20-35-38(28)33-17-8-9-19-34(33)39-35/h2*1-28H;1-24H/i2*2D,5D,6D,15D,16D;1D,2D,3D,11D,12D. The number of hydrogen-bond donors (Lipinski definition) is 0. The Morgan fingerprint density at radius 1 is 0.124 bits per heavy atom. The largest absolute Gasteiger partial charge is 0.456 e. The van der Waals surface area contributed by atoms with Gasteiger partial charge in [-0.05, 0) is 218 Å². The zero-order valence-electron chi connectivity index (χ0n) is 84.3. The Bertz CT molecular complexity index is 9560. The maximum atomic E-state index is 8.84. The summed E-state index contributed by atoms with van der Waals surface area (Å²) in [5.74, 6) is 0. The van der Waals surface area contributed by atoms with E-state index in [1.807, 2.05) is 218 Å². The van der Waals surface area contributed by atoms with Gasteiger partial charge in [-0.3, -0.25) is 0 Å². The molecule has 26 aromatic rings. The lowest BCUT2D eigenvalue weighted by molar-refractivity contribution is 0.668. The van der Waals surface area contributed by atoms with E-state index in [0.717, 1.165) is 219 Å². The predicted molar refractivity (Wildman–Crippen MR) is 546 cm³/mol. The van der Waals surface area contributed by atoms with Crippen LogP contribution in [0.3, 0.4) is 0 Å². The monoisotopic (exact) mass is 1660 g/mol. The summed E-state index contributed by atoms with van der Waals surface area (Å²) in [5.41, 5.74) is 24.8. The molecule has 0 saturated carbocycles. The van der Waals surface area contributed by atoms with Crippen LogP contribution < -0.4 is 0 Å². The fourth-order valence-corrected chi connectivity index (χ4v) is 19.6. The zero-order valence-corrected chi connectivity index (χ0v) is 69.3. The third kappa shape index (κ3) is 13.2. The van der Waals surface area contributed by atoms with Crippen LogP contribution >= 0.6 is 0 Å². The second-order valence-electron chi connectivity index (χ2n) is 32.2. The first-order valence-electron chi connectivity index (χ1n) is 50.5. The van der Waals surface area contributed by atoms with Gasteiger partial charge in [0, 0.05) is 37.9 Å². The first kappa shape index (κ1) is 61.3. The van der Waals surface area contributed by atoms with Crippen molar-refractivity contribution in [3.63, 3.8) is 0 Å². The highest BCUT2D eigenvalue weighted by molar-refractivity contribution is 6.26. The molecule has 0 saturated heterocycles. The van der Waals surface area contributed by atoms with Crippen molar-refractivity contribution < 1.29 is 33.8 Å². The molecule has 0 fully saturated rings. The molecule has 26 rings (SSSR count). The summed E-state index contributed by atoms with van der Waals surface area (Å²) >= 11 is 0. The molecular weight excluding hydrogens is 1560 g/mol. The van der Waals surface area contributed by atoms with E-state index in [1.54, 1.807) is 0 Å². The number of benzene rings is 23. The average Bonchev–Trinajstić information content (AvgIpc) is 0.933. The lowest BCUT2D eigenvalue weighted by atomic mass is 9.85. The second kappa shape index (κ2) is 32.3. The number of furan rings is 3. The maximum absolute atomic E-state index is 8.84. The maximum Gasteiger partial charge on any atom is 0.136 e. The van der Waals surface area contributed by atoms with Gasteiger partial charge < -0.3 is 13.3 Å². The highest BCUT2D eigenvalue weighted by Crippen LogP contribution is 2.51. The van der Waals surface area contributed by atoms with E-state index in [0.29, 0.717) is 16.7 Å². The second-order valence-corrected chi connectivity index (χ2v) is 32.2. The van der Waals surface area contributed by atoms with Gasteiger partial charge in [-0.15, -0.1) is 0 Å². The van der Waals surface area contributed by atoms with Crippen LogP contribution in [0.4, 0.5) is 0 Å². The van der Waals surface area contributed by atoms with E-state index in [1.165, 1.54) is 0 Å². The Hall–Kier alpha value is -17.0. The van der Waals surface area contributed by atoms with Gasteiger partial charge >= 0.3 is 0 Å². The summed E-state index contributed by atoms with van der Waals surface area (Å²) in [4.78, 5) is 0. The van der Waals surface area contributed by atoms with Gasteiger partial charge in [0.15, 0.2) is 0 Å². The topological polar surface area (TPSA) is 39.4 Å². The molecule has 3 heterocycles. The van der Waals surface area contributed by atoms with Crippen molar-refractivity contribution in [1.29, 1.82) is 0 Å². The van der Waals surface area contributed by atoms with Crippen LogP contribution in [0.25, 0.3) is 253 Å². The Balaban J connectivity index is 0.000000117. The number of fused-ring (bicyclic) bond motifs is 15. The molecule has 0 aliphatic carbocycles. The van der Waals surface area contributed by atoms with Crippen LogP contribution in [0.1, 0.15) is 20.6 Å². The minimum Gasteiger partial charge on any atom is -0.456 e. The van der Waals surface area contributed by atoms with Crippen molar-refractivity contribution in [3.05, 3.63) is 485 Å². The fraction of sp³-hybridized carbons (Fsp3) is 0. The van der Waals surface area contributed by atoms with Crippen LogP contribution in [-0.2, 0) is 0 Å². The van der Waals surface area contributed by atoms with E-state index in [9.17, 15) is 0 Å². The van der Waals surface area contributed by atoms with Crippen molar-refractivity contribution in [2.24, 2.45) is 0 Å². The Kier molecular flexibility index (Phi) is 15.4. The molecule has 0 amide bonds. The highest BCUT2D eigenvalue weighted by atomic mass is 16.3. The average molecular weight is 1660 g/mol. The summed E-state index contributed by atoms with van der Waals surface area (Å²) in [6.07, 6.45) is 0. The molecule has 129 heavy (non-hydrogen) atoms.